The van der Waals surface area contributed by atoms with E-state index in [1.807, 2.05) is 0 Å². The van der Waals surface area contributed by atoms with Crippen LogP contribution in [0.1, 0.15) is 2.85 Å². The van der Waals surface area contributed by atoms with Gasteiger partial charge in [0.1, 0.15) is 0 Å². The molecule has 0 nitrogen and oxygen atoms in total. The second-order valence-electron chi connectivity index (χ2n) is 0. The van der Waals surface area contributed by atoms with Gasteiger partial charge < -0.3 is 2.85 Å². The Morgan fingerprint density at radius 1 is 1.50 bits per heavy atom. The minimum absolute atomic E-state index is 0. The molecular weight excluding hydrogens is 352 g/mol. The van der Waals surface area contributed by atoms with Crippen molar-refractivity contribution in [2.24, 2.45) is 0 Å². The molecule has 0 spiro atoms. The Morgan fingerprint density at radius 2 is 1.50 bits per heavy atom. The molecule has 0 N–H and O–H groups in total. The normalized spacial score (nSPS) is 1.00. The second kappa shape index (κ2) is 16.5. The molecule has 25 valence electrons. The van der Waals surface area contributed by atoms with Gasteiger partial charge in [0, 0.05) is 17.1 Å². The summed E-state index contributed by atoms with van der Waals surface area (Å²) in [6.45, 7) is 0. The van der Waals surface area contributed by atoms with Crippen LogP contribution in [0.4, 0.5) is 0 Å². The van der Waals surface area contributed by atoms with Gasteiger partial charge in [0.2, 0.25) is 0 Å². The van der Waals surface area contributed by atoms with Gasteiger partial charge in [-0.25, -0.2) is 0 Å². The van der Waals surface area contributed by atoms with Crippen molar-refractivity contribution >= 4 is 78.8 Å². The first-order valence-electron chi connectivity index (χ1n) is 0.204. The molecule has 0 unspecified atom stereocenters. The molecule has 0 atom stereocenters. The Kier molecular flexibility index (Phi) is 64.8. The minimum atomic E-state index is 0. The van der Waals surface area contributed by atoms with Gasteiger partial charge >= 0.3 is 78.8 Å². The summed E-state index contributed by atoms with van der Waals surface area (Å²) < 4.78 is 0. The van der Waals surface area contributed by atoms with Crippen LogP contribution >= 0.6 is 9.29 Å². The molecule has 0 amide bonds. The van der Waals surface area contributed by atoms with Crippen molar-refractivity contribution in [1.82, 2.24) is 0 Å². The van der Waals surface area contributed by atoms with E-state index in [-0.39, 0.29) is 68.8 Å². The van der Waals surface area contributed by atoms with E-state index in [0.29, 0.717) is 0 Å². The van der Waals surface area contributed by atoms with E-state index in [9.17, 15) is 0 Å². The zero-order valence-electron chi connectivity index (χ0n) is 3.92. The van der Waals surface area contributed by atoms with E-state index < -0.39 is 0 Å². The SMILES string of the molecule is [Ba+2].[Cu].[H-].[H-].[S]=[Sn]. The van der Waals surface area contributed by atoms with E-state index in [1.165, 1.54) is 0 Å². The van der Waals surface area contributed by atoms with Crippen LogP contribution in [0.2, 0.25) is 0 Å². The molecule has 0 fully saturated rings. The molecule has 0 aromatic carbocycles. The van der Waals surface area contributed by atoms with Crippen molar-refractivity contribution in [3.63, 3.8) is 0 Å². The van der Waals surface area contributed by atoms with Crippen molar-refractivity contribution in [2.75, 3.05) is 0 Å². The fourth-order valence-electron chi connectivity index (χ4n) is 0. The zero-order valence-corrected chi connectivity index (χ0v) is 11.0. The van der Waals surface area contributed by atoms with Gasteiger partial charge in [0.05, 0.1) is 0 Å². The third-order valence-corrected chi connectivity index (χ3v) is 0. The molecular formula is H2BaCuSSn. The predicted octanol–water partition coefficient (Wildman–Crippen LogP) is 0.109. The molecule has 4 heavy (non-hydrogen) atoms. The Balaban J connectivity index is -0.000000000833. The number of hydrogen-bond acceptors (Lipinski definition) is 1. The van der Waals surface area contributed by atoms with Crippen LogP contribution in [0.3, 0.4) is 0 Å². The molecule has 0 aromatic rings. The molecule has 0 aromatic heterocycles. The summed E-state index contributed by atoms with van der Waals surface area (Å²) in [5.74, 6) is 0. The Morgan fingerprint density at radius 3 is 1.50 bits per heavy atom. The van der Waals surface area contributed by atoms with E-state index >= 15 is 0 Å². The van der Waals surface area contributed by atoms with Gasteiger partial charge in [-0.1, -0.05) is 0 Å². The quantitative estimate of drug-likeness (QED) is 0.557. The van der Waals surface area contributed by atoms with Gasteiger partial charge in [-0.15, -0.1) is 0 Å². The van der Waals surface area contributed by atoms with E-state index in [4.69, 9.17) is 0 Å². The number of rotatable bonds is 0. The monoisotopic (exact) mass is 355 g/mol. The topological polar surface area (TPSA) is 0 Å². The van der Waals surface area contributed by atoms with E-state index in [2.05, 4.69) is 9.29 Å². The van der Waals surface area contributed by atoms with E-state index in [0.717, 1.165) is 20.6 Å². The average molecular weight is 354 g/mol. The summed E-state index contributed by atoms with van der Waals surface area (Å²) in [7, 11) is 4.17. The molecule has 0 aliphatic heterocycles. The van der Waals surface area contributed by atoms with Crippen molar-refractivity contribution < 1.29 is 19.9 Å². The Labute approximate surface area is 96.2 Å². The van der Waals surface area contributed by atoms with Crippen molar-refractivity contribution in [2.45, 2.75) is 0 Å². The Bertz CT molecular complexity index is 13.5. The van der Waals surface area contributed by atoms with Crippen LogP contribution in [0.15, 0.2) is 0 Å². The first-order chi connectivity index (χ1) is 1.00. The molecule has 0 aliphatic rings. The van der Waals surface area contributed by atoms with Crippen LogP contribution in [-0.4, -0.2) is 69.5 Å². The molecule has 0 aliphatic carbocycles. The van der Waals surface area contributed by atoms with Crippen molar-refractivity contribution in [3.8, 4) is 0 Å². The van der Waals surface area contributed by atoms with Gasteiger partial charge in [0.15, 0.2) is 0 Å². The fraction of sp³-hybridized carbons (Fsp3) is 0. The summed E-state index contributed by atoms with van der Waals surface area (Å²) >= 11 is 1.13. The van der Waals surface area contributed by atoms with Gasteiger partial charge in [-0.05, 0) is 0 Å². The summed E-state index contributed by atoms with van der Waals surface area (Å²) in [4.78, 5) is 0. The summed E-state index contributed by atoms with van der Waals surface area (Å²) in [6, 6.07) is 0. The maximum atomic E-state index is 4.17. The zero-order chi connectivity index (χ0) is 2.00. The van der Waals surface area contributed by atoms with Crippen LogP contribution < -0.4 is 0 Å². The van der Waals surface area contributed by atoms with Crippen molar-refractivity contribution in [3.05, 3.63) is 0 Å². The summed E-state index contributed by atoms with van der Waals surface area (Å²) in [5, 5.41) is 0. The fourth-order valence-corrected chi connectivity index (χ4v) is 0. The predicted molar refractivity (Wildman–Crippen MR) is 21.3 cm³/mol. The standard InChI is InChI=1S/Ba.Cu.S.Sn.2H/q+2;;;;2*-1. The molecule has 0 heterocycles. The molecule has 0 rings (SSSR count). The first kappa shape index (κ1) is 15.7. The molecule has 0 saturated heterocycles. The van der Waals surface area contributed by atoms with Gasteiger partial charge in [0.25, 0.3) is 0 Å². The molecule has 0 bridgehead atoms. The van der Waals surface area contributed by atoms with Crippen LogP contribution in [0, 0.1) is 0 Å². The third-order valence-electron chi connectivity index (χ3n) is 0. The molecule has 0 saturated carbocycles. The van der Waals surface area contributed by atoms with Gasteiger partial charge in [-0.3, -0.25) is 0 Å². The summed E-state index contributed by atoms with van der Waals surface area (Å²) in [5.41, 5.74) is 0. The maximum absolute atomic E-state index is 4.17. The Hall–Kier alpha value is 3.11. The summed E-state index contributed by atoms with van der Waals surface area (Å²) in [6.07, 6.45) is 0. The second-order valence-corrected chi connectivity index (χ2v) is 0. The number of hydrogen-bond donors (Lipinski definition) is 0. The third kappa shape index (κ3) is 8.92. The molecule has 3 radical (unpaired) electrons. The van der Waals surface area contributed by atoms with Crippen LogP contribution in [0.5, 0.6) is 0 Å². The van der Waals surface area contributed by atoms with E-state index in [1.54, 1.807) is 0 Å². The first-order valence-corrected chi connectivity index (χ1v) is 4.11. The van der Waals surface area contributed by atoms with Crippen LogP contribution in [0.25, 0.3) is 0 Å². The van der Waals surface area contributed by atoms with Gasteiger partial charge in [-0.2, -0.15) is 0 Å². The average Bonchev–Trinajstić information content (AvgIpc) is 1.00. The molecule has 4 heteroatoms. The van der Waals surface area contributed by atoms with Crippen molar-refractivity contribution in [1.29, 1.82) is 0 Å². The van der Waals surface area contributed by atoms with Crippen LogP contribution in [-0.2, 0) is 17.1 Å².